The molecule has 0 radical (unpaired) electrons. The molecule has 3 nitrogen and oxygen atoms in total. The van der Waals surface area contributed by atoms with Crippen LogP contribution in [0, 0.1) is 0 Å². The molecule has 0 fully saturated rings. The van der Waals surface area contributed by atoms with Gasteiger partial charge in [0, 0.05) is 22.4 Å². The number of benzene rings is 2. The molecular formula is C16H17BrN2O. The van der Waals surface area contributed by atoms with E-state index < -0.39 is 0 Å². The molecule has 2 aromatic rings. The maximum absolute atomic E-state index is 5.82. The lowest BCUT2D eigenvalue weighted by Crippen LogP contribution is -2.26. The van der Waals surface area contributed by atoms with Gasteiger partial charge in [0.1, 0.15) is 12.4 Å². The van der Waals surface area contributed by atoms with Gasteiger partial charge < -0.3 is 15.4 Å². The first-order valence-corrected chi connectivity index (χ1v) is 7.53. The number of hydrogen-bond donors (Lipinski definition) is 1. The highest BCUT2D eigenvalue weighted by molar-refractivity contribution is 9.10. The fraction of sp³-hybridized carbons (Fsp3) is 0.250. The number of nitrogen functional groups attached to an aromatic ring is 1. The second-order valence-electron chi connectivity index (χ2n) is 4.93. The number of rotatable bonds is 4. The maximum atomic E-state index is 5.82. The lowest BCUT2D eigenvalue weighted by atomic mass is 10.1. The van der Waals surface area contributed by atoms with E-state index in [4.69, 9.17) is 10.5 Å². The number of hydrogen-bond acceptors (Lipinski definition) is 3. The summed E-state index contributed by atoms with van der Waals surface area (Å²) in [6.45, 7) is 2.62. The van der Waals surface area contributed by atoms with E-state index in [1.165, 1.54) is 11.3 Å². The van der Waals surface area contributed by atoms with E-state index >= 15 is 0 Å². The molecule has 0 atom stereocenters. The van der Waals surface area contributed by atoms with E-state index in [-0.39, 0.29) is 0 Å². The first-order chi connectivity index (χ1) is 9.72. The summed E-state index contributed by atoms with van der Waals surface area (Å²) >= 11 is 3.45. The van der Waals surface area contributed by atoms with E-state index in [0.717, 1.165) is 35.4 Å². The van der Waals surface area contributed by atoms with Gasteiger partial charge in [-0.3, -0.25) is 0 Å². The van der Waals surface area contributed by atoms with Gasteiger partial charge >= 0.3 is 0 Å². The smallest absolute Gasteiger partial charge is 0.120 e. The Labute approximate surface area is 127 Å². The van der Waals surface area contributed by atoms with Crippen LogP contribution in [-0.4, -0.2) is 19.7 Å². The van der Waals surface area contributed by atoms with Crippen molar-refractivity contribution in [1.82, 2.24) is 0 Å². The summed E-state index contributed by atoms with van der Waals surface area (Å²) in [5.74, 6) is 0.899. The van der Waals surface area contributed by atoms with Gasteiger partial charge in [0.15, 0.2) is 0 Å². The van der Waals surface area contributed by atoms with E-state index in [1.54, 1.807) is 0 Å². The SMILES string of the molecule is Nc1ccc2c(c1)CCN2CCOc1cccc(Br)c1. The van der Waals surface area contributed by atoms with Crippen LogP contribution >= 0.6 is 15.9 Å². The summed E-state index contributed by atoms with van der Waals surface area (Å²) in [6.07, 6.45) is 1.07. The molecular weight excluding hydrogens is 316 g/mol. The zero-order valence-electron chi connectivity index (χ0n) is 11.2. The third-order valence-electron chi connectivity index (χ3n) is 3.52. The first-order valence-electron chi connectivity index (χ1n) is 6.74. The van der Waals surface area contributed by atoms with Crippen LogP contribution in [0.4, 0.5) is 11.4 Å². The largest absolute Gasteiger partial charge is 0.492 e. The highest BCUT2D eigenvalue weighted by atomic mass is 79.9. The number of nitrogens with two attached hydrogens (primary N) is 1. The Bertz CT molecular complexity index is 615. The normalized spacial score (nSPS) is 13.3. The third-order valence-corrected chi connectivity index (χ3v) is 4.01. The van der Waals surface area contributed by atoms with E-state index in [0.29, 0.717) is 6.61 Å². The fourth-order valence-electron chi connectivity index (χ4n) is 2.55. The van der Waals surface area contributed by atoms with E-state index in [9.17, 15) is 0 Å². The van der Waals surface area contributed by atoms with Crippen LogP contribution < -0.4 is 15.4 Å². The first kappa shape index (κ1) is 13.3. The number of halogens is 1. The third kappa shape index (κ3) is 2.90. The molecule has 0 saturated heterocycles. The number of fused-ring (bicyclic) bond motifs is 1. The van der Waals surface area contributed by atoms with Gasteiger partial charge in [0.25, 0.3) is 0 Å². The Morgan fingerprint density at radius 3 is 2.95 bits per heavy atom. The van der Waals surface area contributed by atoms with Gasteiger partial charge in [-0.1, -0.05) is 22.0 Å². The second-order valence-corrected chi connectivity index (χ2v) is 5.85. The molecule has 0 aromatic heterocycles. The minimum atomic E-state index is 0.681. The molecule has 20 heavy (non-hydrogen) atoms. The summed E-state index contributed by atoms with van der Waals surface area (Å²) in [5, 5.41) is 0. The van der Waals surface area contributed by atoms with Gasteiger partial charge in [-0.05, 0) is 48.4 Å². The van der Waals surface area contributed by atoms with Crippen LogP contribution in [0.2, 0.25) is 0 Å². The topological polar surface area (TPSA) is 38.5 Å². The van der Waals surface area contributed by atoms with E-state index in [2.05, 4.69) is 33.0 Å². The molecule has 4 heteroatoms. The molecule has 0 unspecified atom stereocenters. The fourth-order valence-corrected chi connectivity index (χ4v) is 2.93. The van der Waals surface area contributed by atoms with Crippen molar-refractivity contribution >= 4 is 27.3 Å². The quantitative estimate of drug-likeness (QED) is 0.871. The predicted octanol–water partition coefficient (Wildman–Crippen LogP) is 3.47. The Hall–Kier alpha value is -1.68. The lowest BCUT2D eigenvalue weighted by Gasteiger charge is -2.19. The number of nitrogens with zero attached hydrogens (tertiary/aromatic N) is 1. The van der Waals surface area contributed by atoms with Crippen molar-refractivity contribution in [1.29, 1.82) is 0 Å². The Kier molecular flexibility index (Phi) is 3.83. The molecule has 0 amide bonds. The molecule has 2 aromatic carbocycles. The summed E-state index contributed by atoms with van der Waals surface area (Å²) in [7, 11) is 0. The molecule has 0 aliphatic carbocycles. The van der Waals surface area contributed by atoms with Crippen LogP contribution in [0.5, 0.6) is 5.75 Å². The lowest BCUT2D eigenvalue weighted by molar-refractivity contribution is 0.324. The van der Waals surface area contributed by atoms with Crippen molar-refractivity contribution < 1.29 is 4.74 Å². The van der Waals surface area contributed by atoms with Crippen LogP contribution in [-0.2, 0) is 6.42 Å². The highest BCUT2D eigenvalue weighted by Gasteiger charge is 2.18. The van der Waals surface area contributed by atoms with Crippen LogP contribution in [0.3, 0.4) is 0 Å². The van der Waals surface area contributed by atoms with Crippen LogP contribution in [0.25, 0.3) is 0 Å². The molecule has 3 rings (SSSR count). The highest BCUT2D eigenvalue weighted by Crippen LogP contribution is 2.29. The van der Waals surface area contributed by atoms with Gasteiger partial charge in [-0.15, -0.1) is 0 Å². The average molecular weight is 333 g/mol. The second kappa shape index (κ2) is 5.75. The molecule has 0 spiro atoms. The van der Waals surface area contributed by atoms with Crippen molar-refractivity contribution in [2.75, 3.05) is 30.3 Å². The van der Waals surface area contributed by atoms with Crippen LogP contribution in [0.15, 0.2) is 46.9 Å². The molecule has 1 aliphatic rings. The molecule has 0 bridgehead atoms. The molecule has 1 aliphatic heterocycles. The summed E-state index contributed by atoms with van der Waals surface area (Å²) in [4.78, 5) is 2.35. The van der Waals surface area contributed by atoms with Gasteiger partial charge in [-0.2, -0.15) is 0 Å². The molecule has 2 N–H and O–H groups in total. The zero-order valence-corrected chi connectivity index (χ0v) is 12.8. The number of ether oxygens (including phenoxy) is 1. The minimum Gasteiger partial charge on any atom is -0.492 e. The summed E-state index contributed by atoms with van der Waals surface area (Å²) in [6, 6.07) is 14.1. The van der Waals surface area contributed by atoms with E-state index in [1.807, 2.05) is 30.3 Å². The number of anilines is 2. The van der Waals surface area contributed by atoms with Crippen LogP contribution in [0.1, 0.15) is 5.56 Å². The van der Waals surface area contributed by atoms with Crippen molar-refractivity contribution in [3.05, 3.63) is 52.5 Å². The van der Waals surface area contributed by atoms with Crippen molar-refractivity contribution in [3.63, 3.8) is 0 Å². The maximum Gasteiger partial charge on any atom is 0.120 e. The Morgan fingerprint density at radius 2 is 2.10 bits per heavy atom. The molecule has 1 heterocycles. The van der Waals surface area contributed by atoms with Gasteiger partial charge in [0.2, 0.25) is 0 Å². The molecule has 104 valence electrons. The Morgan fingerprint density at radius 1 is 1.20 bits per heavy atom. The summed E-state index contributed by atoms with van der Waals surface area (Å²) < 4.78 is 6.83. The Balaban J connectivity index is 1.58. The predicted molar refractivity (Wildman–Crippen MR) is 86.4 cm³/mol. The monoisotopic (exact) mass is 332 g/mol. The average Bonchev–Trinajstić information content (AvgIpc) is 2.81. The van der Waals surface area contributed by atoms with Crippen molar-refractivity contribution in [2.24, 2.45) is 0 Å². The minimum absolute atomic E-state index is 0.681. The van der Waals surface area contributed by atoms with Gasteiger partial charge in [0.05, 0.1) is 6.54 Å². The van der Waals surface area contributed by atoms with Crippen molar-refractivity contribution in [2.45, 2.75) is 6.42 Å². The standard InChI is InChI=1S/C16H17BrN2O/c17-13-2-1-3-15(11-13)20-9-8-19-7-6-12-10-14(18)4-5-16(12)19/h1-5,10-11H,6-9,18H2. The summed E-state index contributed by atoms with van der Waals surface area (Å²) in [5.41, 5.74) is 9.29. The zero-order chi connectivity index (χ0) is 13.9. The molecule has 0 saturated carbocycles. The van der Waals surface area contributed by atoms with Gasteiger partial charge in [-0.25, -0.2) is 0 Å². The van der Waals surface area contributed by atoms with Crippen molar-refractivity contribution in [3.8, 4) is 5.75 Å².